The van der Waals surface area contributed by atoms with Crippen LogP contribution in [0.3, 0.4) is 0 Å². The van der Waals surface area contributed by atoms with Crippen LogP contribution in [0, 0.1) is 11.3 Å². The number of hydrogen-bond acceptors (Lipinski definition) is 5. The number of imidazole rings is 1. The Morgan fingerprint density at radius 1 is 1.22 bits per heavy atom. The van der Waals surface area contributed by atoms with Gasteiger partial charge in [-0.2, -0.15) is 5.26 Å². The van der Waals surface area contributed by atoms with E-state index < -0.39 is 0 Å². The van der Waals surface area contributed by atoms with E-state index >= 15 is 0 Å². The quantitative estimate of drug-likeness (QED) is 0.698. The van der Waals surface area contributed by atoms with Gasteiger partial charge in [-0.3, -0.25) is 0 Å². The van der Waals surface area contributed by atoms with E-state index in [9.17, 15) is 5.26 Å². The normalized spacial score (nSPS) is 11.5. The fourth-order valence-electron chi connectivity index (χ4n) is 2.32. The molecule has 0 aliphatic heterocycles. The van der Waals surface area contributed by atoms with Gasteiger partial charge in [0, 0.05) is 33.0 Å². The molecular weight excluding hydrogens is 288 g/mol. The molecule has 6 heteroatoms. The highest BCUT2D eigenvalue weighted by Gasteiger charge is 2.14. The van der Waals surface area contributed by atoms with Crippen molar-refractivity contribution >= 4 is 28.3 Å². The molecule has 3 rings (SSSR count). The first kappa shape index (κ1) is 14.7. The zero-order valence-electron chi connectivity index (χ0n) is 13.2. The van der Waals surface area contributed by atoms with Crippen LogP contribution >= 0.6 is 0 Å². The maximum Gasteiger partial charge on any atom is 0.184 e. The standard InChI is InChI=1S/C17H16N6/c1-22(2)13-8-6-12(7-9-13)20-14(11-18)17-21-16-15(23(17)3)5-4-10-19-16/h4-10H,1-3H3. The lowest BCUT2D eigenvalue weighted by Gasteiger charge is -2.11. The molecule has 2 heterocycles. The Hall–Kier alpha value is -3.20. The first-order valence-electron chi connectivity index (χ1n) is 7.14. The Balaban J connectivity index is 2.04. The predicted molar refractivity (Wildman–Crippen MR) is 91.1 cm³/mol. The van der Waals surface area contributed by atoms with Gasteiger partial charge < -0.3 is 9.47 Å². The summed E-state index contributed by atoms with van der Waals surface area (Å²) in [6.45, 7) is 0. The number of aromatic nitrogens is 3. The number of pyridine rings is 1. The van der Waals surface area contributed by atoms with Crippen molar-refractivity contribution in [2.45, 2.75) is 0 Å². The highest BCUT2D eigenvalue weighted by atomic mass is 15.1. The van der Waals surface area contributed by atoms with E-state index in [0.29, 0.717) is 17.2 Å². The van der Waals surface area contributed by atoms with Crippen molar-refractivity contribution in [1.82, 2.24) is 14.5 Å². The van der Waals surface area contributed by atoms with E-state index in [0.717, 1.165) is 11.2 Å². The van der Waals surface area contributed by atoms with Gasteiger partial charge in [-0.15, -0.1) is 0 Å². The average molecular weight is 304 g/mol. The average Bonchev–Trinajstić information content (AvgIpc) is 2.90. The summed E-state index contributed by atoms with van der Waals surface area (Å²) < 4.78 is 1.83. The molecule has 114 valence electrons. The Kier molecular flexibility index (Phi) is 3.77. The molecule has 1 aromatic carbocycles. The largest absolute Gasteiger partial charge is 0.378 e. The number of hydrogen-bond donors (Lipinski definition) is 0. The molecule has 0 bridgehead atoms. The number of aryl methyl sites for hydroxylation is 1. The summed E-state index contributed by atoms with van der Waals surface area (Å²) in [5.74, 6) is 0.512. The molecule has 0 aliphatic carbocycles. The summed E-state index contributed by atoms with van der Waals surface area (Å²) in [4.78, 5) is 15.1. The van der Waals surface area contributed by atoms with Crippen molar-refractivity contribution < 1.29 is 0 Å². The Labute approximate surface area is 134 Å². The lowest BCUT2D eigenvalue weighted by molar-refractivity contribution is 0.931. The molecule has 0 unspecified atom stereocenters. The van der Waals surface area contributed by atoms with Gasteiger partial charge in [-0.25, -0.2) is 15.0 Å². The van der Waals surface area contributed by atoms with Gasteiger partial charge in [0.25, 0.3) is 0 Å². The van der Waals surface area contributed by atoms with Crippen LogP contribution in [0.2, 0.25) is 0 Å². The molecule has 6 nitrogen and oxygen atoms in total. The van der Waals surface area contributed by atoms with Gasteiger partial charge in [0.15, 0.2) is 17.2 Å². The Bertz CT molecular complexity index is 912. The number of anilines is 1. The van der Waals surface area contributed by atoms with Crippen LogP contribution < -0.4 is 4.90 Å². The smallest absolute Gasteiger partial charge is 0.184 e. The van der Waals surface area contributed by atoms with Crippen LogP contribution in [0.15, 0.2) is 47.6 Å². The predicted octanol–water partition coefficient (Wildman–Crippen LogP) is 2.68. The number of nitrogens with zero attached hydrogens (tertiary/aromatic N) is 6. The minimum Gasteiger partial charge on any atom is -0.378 e. The van der Waals surface area contributed by atoms with Crippen molar-refractivity contribution in [3.8, 4) is 6.07 Å². The van der Waals surface area contributed by atoms with Crippen molar-refractivity contribution in [1.29, 1.82) is 5.26 Å². The summed E-state index contributed by atoms with van der Waals surface area (Å²) >= 11 is 0. The second kappa shape index (κ2) is 5.89. The van der Waals surface area contributed by atoms with Crippen molar-refractivity contribution in [2.24, 2.45) is 12.0 Å². The molecule has 0 aliphatic rings. The molecule has 23 heavy (non-hydrogen) atoms. The summed E-state index contributed by atoms with van der Waals surface area (Å²) in [6, 6.07) is 13.6. The molecule has 0 saturated heterocycles. The molecule has 0 radical (unpaired) electrons. The van der Waals surface area contributed by atoms with E-state index in [1.165, 1.54) is 0 Å². The van der Waals surface area contributed by atoms with E-state index in [-0.39, 0.29) is 5.71 Å². The lowest BCUT2D eigenvalue weighted by Crippen LogP contribution is -2.08. The van der Waals surface area contributed by atoms with Gasteiger partial charge in [0.1, 0.15) is 6.07 Å². The maximum absolute atomic E-state index is 9.47. The van der Waals surface area contributed by atoms with Gasteiger partial charge in [0.2, 0.25) is 0 Å². The highest BCUT2D eigenvalue weighted by molar-refractivity contribution is 6.11. The highest BCUT2D eigenvalue weighted by Crippen LogP contribution is 2.20. The number of fused-ring (bicyclic) bond motifs is 1. The zero-order valence-corrected chi connectivity index (χ0v) is 13.2. The van der Waals surface area contributed by atoms with Crippen molar-refractivity contribution in [3.05, 3.63) is 48.4 Å². The molecule has 0 saturated carbocycles. The maximum atomic E-state index is 9.47. The fraction of sp³-hybridized carbons (Fsp3) is 0.176. The fourth-order valence-corrected chi connectivity index (χ4v) is 2.32. The minimum atomic E-state index is 0.267. The van der Waals surface area contributed by atoms with Crippen molar-refractivity contribution in [3.63, 3.8) is 0 Å². The van der Waals surface area contributed by atoms with Crippen LogP contribution in [0.25, 0.3) is 11.2 Å². The molecule has 3 aromatic rings. The van der Waals surface area contributed by atoms with E-state index in [1.54, 1.807) is 6.20 Å². The van der Waals surface area contributed by atoms with Crippen LogP contribution in [0.5, 0.6) is 0 Å². The molecule has 2 aromatic heterocycles. The molecule has 0 fully saturated rings. The first-order chi connectivity index (χ1) is 11.1. The molecule has 0 N–H and O–H groups in total. The summed E-state index contributed by atoms with van der Waals surface area (Å²) in [5.41, 5.74) is 3.54. The van der Waals surface area contributed by atoms with Gasteiger partial charge in [0.05, 0.1) is 11.2 Å². The lowest BCUT2D eigenvalue weighted by atomic mass is 10.2. The number of aliphatic imine (C=N–C) groups is 1. The first-order valence-corrected chi connectivity index (χ1v) is 7.14. The van der Waals surface area contributed by atoms with Gasteiger partial charge in [-0.1, -0.05) is 0 Å². The van der Waals surface area contributed by atoms with Crippen LogP contribution in [0.4, 0.5) is 11.4 Å². The molecule has 0 spiro atoms. The molecular formula is C17H16N6. The van der Waals surface area contributed by atoms with E-state index in [4.69, 9.17) is 0 Å². The summed E-state index contributed by atoms with van der Waals surface area (Å²) in [5, 5.41) is 9.47. The van der Waals surface area contributed by atoms with Crippen molar-refractivity contribution in [2.75, 3.05) is 19.0 Å². The number of nitriles is 1. The minimum absolute atomic E-state index is 0.267. The van der Waals surface area contributed by atoms with Crippen LogP contribution in [-0.4, -0.2) is 34.3 Å². The second-order valence-corrected chi connectivity index (χ2v) is 5.32. The second-order valence-electron chi connectivity index (χ2n) is 5.32. The molecule has 0 amide bonds. The summed E-state index contributed by atoms with van der Waals surface area (Å²) in [6.07, 6.45) is 1.68. The third kappa shape index (κ3) is 2.77. The third-order valence-corrected chi connectivity index (χ3v) is 3.58. The molecule has 0 atom stereocenters. The Morgan fingerprint density at radius 3 is 2.57 bits per heavy atom. The number of benzene rings is 1. The Morgan fingerprint density at radius 2 is 1.96 bits per heavy atom. The monoisotopic (exact) mass is 304 g/mol. The van der Waals surface area contributed by atoms with Gasteiger partial charge in [-0.05, 0) is 36.4 Å². The summed E-state index contributed by atoms with van der Waals surface area (Å²) in [7, 11) is 5.81. The number of rotatable bonds is 3. The van der Waals surface area contributed by atoms with Crippen LogP contribution in [0.1, 0.15) is 5.82 Å². The van der Waals surface area contributed by atoms with Crippen LogP contribution in [-0.2, 0) is 7.05 Å². The third-order valence-electron chi connectivity index (χ3n) is 3.58. The van der Waals surface area contributed by atoms with E-state index in [2.05, 4.69) is 21.0 Å². The van der Waals surface area contributed by atoms with Gasteiger partial charge >= 0.3 is 0 Å². The zero-order chi connectivity index (χ0) is 16.4. The SMILES string of the molecule is CN(C)c1ccc(N=C(C#N)c2nc3ncccc3n2C)cc1. The topological polar surface area (TPSA) is 70.1 Å². The van der Waals surface area contributed by atoms with E-state index in [1.807, 2.05) is 67.0 Å².